The van der Waals surface area contributed by atoms with Gasteiger partial charge in [-0.1, -0.05) is 50.8 Å². The van der Waals surface area contributed by atoms with E-state index in [0.29, 0.717) is 22.9 Å². The smallest absolute Gasteiger partial charge is 0.127 e. The molecule has 1 aromatic carbocycles. The van der Waals surface area contributed by atoms with Crippen LogP contribution in [0.5, 0.6) is 0 Å². The van der Waals surface area contributed by atoms with Crippen LogP contribution in [-0.2, 0) is 6.42 Å². The second-order valence-corrected chi connectivity index (χ2v) is 5.70. The summed E-state index contributed by atoms with van der Waals surface area (Å²) in [5.41, 5.74) is 0.550. The van der Waals surface area contributed by atoms with E-state index in [4.69, 9.17) is 23.2 Å². The molecule has 3 heteroatoms. The van der Waals surface area contributed by atoms with Crippen molar-refractivity contribution in [3.8, 4) is 0 Å². The predicted octanol–water partition coefficient (Wildman–Crippen LogP) is 5.85. The van der Waals surface area contributed by atoms with Crippen molar-refractivity contribution in [2.24, 2.45) is 5.92 Å². The Labute approximate surface area is 119 Å². The minimum atomic E-state index is -0.251. The van der Waals surface area contributed by atoms with Crippen LogP contribution in [0.25, 0.3) is 0 Å². The number of halogens is 3. The number of rotatable bonds is 7. The molecule has 1 rings (SSSR count). The lowest BCUT2D eigenvalue weighted by Gasteiger charge is -2.21. The van der Waals surface area contributed by atoms with E-state index >= 15 is 0 Å². The first-order valence-electron chi connectivity index (χ1n) is 6.67. The highest BCUT2D eigenvalue weighted by atomic mass is 35.5. The molecule has 102 valence electrons. The van der Waals surface area contributed by atoms with Crippen LogP contribution < -0.4 is 0 Å². The van der Waals surface area contributed by atoms with Crippen LogP contribution in [0.2, 0.25) is 5.02 Å². The zero-order chi connectivity index (χ0) is 13.5. The molecule has 0 aliphatic rings. The highest BCUT2D eigenvalue weighted by Crippen LogP contribution is 2.28. The van der Waals surface area contributed by atoms with Gasteiger partial charge in [0.1, 0.15) is 5.82 Å². The molecule has 1 aromatic rings. The van der Waals surface area contributed by atoms with Crippen molar-refractivity contribution in [1.29, 1.82) is 0 Å². The average molecular weight is 291 g/mol. The van der Waals surface area contributed by atoms with Crippen LogP contribution in [0.15, 0.2) is 18.2 Å². The van der Waals surface area contributed by atoms with Crippen LogP contribution in [0, 0.1) is 11.7 Å². The van der Waals surface area contributed by atoms with Gasteiger partial charge in [0, 0.05) is 16.0 Å². The van der Waals surface area contributed by atoms with Crippen LogP contribution in [0.3, 0.4) is 0 Å². The standard InChI is InChI=1S/C15H21Cl2F/c1-3-5-7-11(4-2)14(17)10-12-13(16)8-6-9-15(12)18/h6,8-9,11,14H,3-5,7,10H2,1-2H3. The first kappa shape index (κ1) is 15.8. The van der Waals surface area contributed by atoms with E-state index in [-0.39, 0.29) is 11.2 Å². The predicted molar refractivity (Wildman–Crippen MR) is 78.1 cm³/mol. The summed E-state index contributed by atoms with van der Waals surface area (Å²) in [6, 6.07) is 4.78. The summed E-state index contributed by atoms with van der Waals surface area (Å²) in [6.45, 7) is 4.31. The molecule has 0 radical (unpaired) electrons. The van der Waals surface area contributed by atoms with Crippen molar-refractivity contribution in [1.82, 2.24) is 0 Å². The Balaban J connectivity index is 2.70. The molecule has 0 bridgehead atoms. The van der Waals surface area contributed by atoms with E-state index in [9.17, 15) is 4.39 Å². The summed E-state index contributed by atoms with van der Waals surface area (Å²) in [4.78, 5) is 0. The molecule has 0 spiro atoms. The molecule has 2 atom stereocenters. The van der Waals surface area contributed by atoms with Gasteiger partial charge >= 0.3 is 0 Å². The molecular weight excluding hydrogens is 270 g/mol. The molecule has 0 amide bonds. The maximum Gasteiger partial charge on any atom is 0.127 e. The Bertz CT molecular complexity index is 345. The highest BCUT2D eigenvalue weighted by Gasteiger charge is 2.20. The third-order valence-corrected chi connectivity index (χ3v) is 4.29. The fourth-order valence-electron chi connectivity index (χ4n) is 2.20. The fourth-order valence-corrected chi connectivity index (χ4v) is 2.89. The van der Waals surface area contributed by atoms with Gasteiger partial charge in [0.25, 0.3) is 0 Å². The molecule has 0 saturated carbocycles. The highest BCUT2D eigenvalue weighted by molar-refractivity contribution is 6.31. The summed E-state index contributed by atoms with van der Waals surface area (Å²) in [5, 5.41) is 0.432. The van der Waals surface area contributed by atoms with Gasteiger partial charge < -0.3 is 0 Å². The van der Waals surface area contributed by atoms with E-state index in [1.165, 1.54) is 18.9 Å². The Morgan fingerprint density at radius 1 is 1.28 bits per heavy atom. The number of hydrogen-bond donors (Lipinski definition) is 0. The molecule has 0 aliphatic carbocycles. The van der Waals surface area contributed by atoms with Crippen LogP contribution in [-0.4, -0.2) is 5.38 Å². The molecule has 18 heavy (non-hydrogen) atoms. The molecule has 0 saturated heterocycles. The van der Waals surface area contributed by atoms with Gasteiger partial charge in [0.05, 0.1) is 0 Å². The lowest BCUT2D eigenvalue weighted by Crippen LogP contribution is -2.18. The van der Waals surface area contributed by atoms with Gasteiger partial charge in [0.2, 0.25) is 0 Å². The van der Waals surface area contributed by atoms with Crippen molar-refractivity contribution in [3.05, 3.63) is 34.6 Å². The molecule has 0 aliphatic heterocycles. The molecule has 0 aromatic heterocycles. The molecule has 0 nitrogen and oxygen atoms in total. The second kappa shape index (κ2) is 8.01. The van der Waals surface area contributed by atoms with Crippen molar-refractivity contribution in [3.63, 3.8) is 0 Å². The number of unbranched alkanes of at least 4 members (excludes halogenated alkanes) is 1. The van der Waals surface area contributed by atoms with Crippen molar-refractivity contribution >= 4 is 23.2 Å². The maximum absolute atomic E-state index is 13.7. The number of benzene rings is 1. The first-order chi connectivity index (χ1) is 8.60. The Morgan fingerprint density at radius 3 is 2.56 bits per heavy atom. The van der Waals surface area contributed by atoms with Crippen LogP contribution in [0.4, 0.5) is 4.39 Å². The van der Waals surface area contributed by atoms with Gasteiger partial charge in [0.15, 0.2) is 0 Å². The van der Waals surface area contributed by atoms with E-state index < -0.39 is 0 Å². The van der Waals surface area contributed by atoms with Gasteiger partial charge in [-0.2, -0.15) is 0 Å². The first-order valence-corrected chi connectivity index (χ1v) is 7.48. The molecule has 0 heterocycles. The van der Waals surface area contributed by atoms with Gasteiger partial charge in [-0.05, 0) is 30.9 Å². The Hall–Kier alpha value is -0.270. The van der Waals surface area contributed by atoms with Crippen molar-refractivity contribution < 1.29 is 4.39 Å². The topological polar surface area (TPSA) is 0 Å². The lowest BCUT2D eigenvalue weighted by atomic mass is 9.91. The molecule has 0 N–H and O–H groups in total. The largest absolute Gasteiger partial charge is 0.207 e. The molecular formula is C15H21Cl2F. The minimum Gasteiger partial charge on any atom is -0.207 e. The second-order valence-electron chi connectivity index (χ2n) is 4.73. The average Bonchev–Trinajstić information content (AvgIpc) is 2.35. The number of hydrogen-bond acceptors (Lipinski definition) is 0. The quantitative estimate of drug-likeness (QED) is 0.553. The third kappa shape index (κ3) is 4.44. The SMILES string of the molecule is CCCCC(CC)C(Cl)Cc1c(F)cccc1Cl. The summed E-state index contributed by atoms with van der Waals surface area (Å²) in [7, 11) is 0. The Kier molecular flexibility index (Phi) is 7.03. The van der Waals surface area contributed by atoms with E-state index in [1.54, 1.807) is 12.1 Å². The van der Waals surface area contributed by atoms with Crippen molar-refractivity contribution in [2.75, 3.05) is 0 Å². The Morgan fingerprint density at radius 2 is 2.00 bits per heavy atom. The zero-order valence-corrected chi connectivity index (χ0v) is 12.6. The zero-order valence-electron chi connectivity index (χ0n) is 11.1. The fraction of sp³-hybridized carbons (Fsp3) is 0.600. The monoisotopic (exact) mass is 290 g/mol. The summed E-state index contributed by atoms with van der Waals surface area (Å²) in [6.07, 6.45) is 4.98. The maximum atomic E-state index is 13.7. The summed E-state index contributed by atoms with van der Waals surface area (Å²) in [5.74, 6) is 0.181. The van der Waals surface area contributed by atoms with E-state index in [1.807, 2.05) is 0 Å². The third-order valence-electron chi connectivity index (χ3n) is 3.43. The van der Waals surface area contributed by atoms with E-state index in [0.717, 1.165) is 12.8 Å². The van der Waals surface area contributed by atoms with E-state index in [2.05, 4.69) is 13.8 Å². The van der Waals surface area contributed by atoms with Crippen LogP contribution in [0.1, 0.15) is 45.1 Å². The van der Waals surface area contributed by atoms with Gasteiger partial charge in [-0.25, -0.2) is 4.39 Å². The van der Waals surface area contributed by atoms with Crippen molar-refractivity contribution in [2.45, 2.75) is 51.3 Å². The van der Waals surface area contributed by atoms with Gasteiger partial charge in [-0.3, -0.25) is 0 Å². The number of alkyl halides is 1. The molecule has 0 fully saturated rings. The van der Waals surface area contributed by atoms with Crippen LogP contribution >= 0.6 is 23.2 Å². The normalized spacial score (nSPS) is 14.5. The lowest BCUT2D eigenvalue weighted by molar-refractivity contribution is 0.425. The summed E-state index contributed by atoms with van der Waals surface area (Å²) >= 11 is 12.5. The van der Waals surface area contributed by atoms with Gasteiger partial charge in [-0.15, -0.1) is 11.6 Å². The molecule has 2 unspecified atom stereocenters. The summed E-state index contributed by atoms with van der Waals surface area (Å²) < 4.78 is 13.7. The minimum absolute atomic E-state index is 0.0454.